The Labute approximate surface area is 260 Å². The molecule has 0 spiro atoms. The fourth-order valence-electron chi connectivity index (χ4n) is 6.16. The molecular formula is C29H40F3N5O5S2. The van der Waals surface area contributed by atoms with Crippen LogP contribution in [0.15, 0.2) is 23.1 Å². The molecule has 0 bridgehead atoms. The molecule has 2 atom stereocenters. The lowest BCUT2D eigenvalue weighted by molar-refractivity contribution is -0.139. The van der Waals surface area contributed by atoms with Gasteiger partial charge in [0, 0.05) is 66.9 Å². The van der Waals surface area contributed by atoms with E-state index in [1.165, 1.54) is 16.4 Å². The lowest BCUT2D eigenvalue weighted by Crippen LogP contribution is -2.43. The summed E-state index contributed by atoms with van der Waals surface area (Å²) >= 11 is 0.825. The van der Waals surface area contributed by atoms with Gasteiger partial charge in [-0.3, -0.25) is 14.4 Å². The summed E-state index contributed by atoms with van der Waals surface area (Å²) < 4.78 is 75.3. The summed E-state index contributed by atoms with van der Waals surface area (Å²) in [5.41, 5.74) is 1.30. The second-order valence-corrected chi connectivity index (χ2v) is 14.8. The molecule has 1 aromatic carbocycles. The van der Waals surface area contributed by atoms with E-state index in [9.17, 15) is 31.5 Å². The smallest absolute Gasteiger partial charge is 0.390 e. The van der Waals surface area contributed by atoms with Crippen LogP contribution in [-0.4, -0.2) is 113 Å². The van der Waals surface area contributed by atoms with E-state index in [1.54, 1.807) is 9.58 Å². The Morgan fingerprint density at radius 2 is 1.91 bits per heavy atom. The summed E-state index contributed by atoms with van der Waals surface area (Å²) in [5, 5.41) is 15.8. The van der Waals surface area contributed by atoms with Crippen LogP contribution in [0, 0.1) is 0 Å². The number of benzene rings is 1. The Kier molecular flexibility index (Phi) is 10.3. The molecule has 3 aliphatic heterocycles. The zero-order valence-corrected chi connectivity index (χ0v) is 26.7. The van der Waals surface area contributed by atoms with Crippen LogP contribution in [0.25, 0.3) is 11.3 Å². The van der Waals surface area contributed by atoms with Crippen molar-refractivity contribution >= 4 is 27.7 Å². The first kappa shape index (κ1) is 33.2. The average Bonchev–Trinajstić information content (AvgIpc) is 3.34. The number of rotatable bonds is 9. The maximum atomic E-state index is 14.0. The highest BCUT2D eigenvalue weighted by Crippen LogP contribution is 2.40. The number of aromatic nitrogens is 2. The number of aliphatic hydroxyl groups excluding tert-OH is 1. The first-order valence-electron chi connectivity index (χ1n) is 15.0. The third-order valence-corrected chi connectivity index (χ3v) is 10.9. The number of β-amino-alcohol motifs (C(OH)–C–C–N with tert-alkyl or cyclic N) is 1. The number of fused-ring (bicyclic) bond motifs is 1. The first-order chi connectivity index (χ1) is 20.8. The summed E-state index contributed by atoms with van der Waals surface area (Å²) in [6.45, 7) is 5.56. The summed E-state index contributed by atoms with van der Waals surface area (Å²) in [7, 11) is -3.53. The van der Waals surface area contributed by atoms with E-state index in [0.29, 0.717) is 62.1 Å². The third-order valence-electron chi connectivity index (χ3n) is 8.61. The Morgan fingerprint density at radius 3 is 2.59 bits per heavy atom. The second kappa shape index (κ2) is 13.7. The number of morpholine rings is 1. The van der Waals surface area contributed by atoms with Crippen LogP contribution in [0.3, 0.4) is 0 Å². The van der Waals surface area contributed by atoms with Crippen LogP contribution in [0.5, 0.6) is 0 Å². The van der Waals surface area contributed by atoms with Gasteiger partial charge in [-0.05, 0) is 38.4 Å². The molecule has 1 N–H and O–H groups in total. The summed E-state index contributed by atoms with van der Waals surface area (Å²) in [6.07, 6.45) is -0.568. The molecule has 3 aliphatic rings. The average molecular weight is 660 g/mol. The van der Waals surface area contributed by atoms with Gasteiger partial charge in [-0.25, -0.2) is 8.42 Å². The standard InChI is InChI=1S/C29H40F3N5O5S2/c1-20-5-3-4-9-35(20)16-22(38)17-37-25-8-10-36(44(2,40)41)18-23(25)28(33-37)21-6-7-24(29(30,31)32)26(15-21)43-19-27(39)34-11-13-42-14-12-34/h6-7,15,20,22,38H,3-5,8-14,16-19H2,1-2H3/t20-,22?/m0/s1. The first-order valence-corrected chi connectivity index (χ1v) is 17.8. The highest BCUT2D eigenvalue weighted by atomic mass is 32.2. The molecule has 2 fully saturated rings. The van der Waals surface area contributed by atoms with Crippen molar-refractivity contribution in [3.63, 3.8) is 0 Å². The Balaban J connectivity index is 1.46. The number of thioether (sulfide) groups is 1. The van der Waals surface area contributed by atoms with E-state index in [1.807, 2.05) is 0 Å². The number of alkyl halides is 3. The van der Waals surface area contributed by atoms with Crippen LogP contribution in [0.1, 0.15) is 43.0 Å². The number of ether oxygens (including phenoxy) is 1. The van der Waals surface area contributed by atoms with Crippen molar-refractivity contribution in [1.82, 2.24) is 23.9 Å². The molecule has 5 rings (SSSR count). The highest BCUT2D eigenvalue weighted by Gasteiger charge is 2.35. The number of carbonyl (C=O) groups excluding carboxylic acids is 1. The van der Waals surface area contributed by atoms with Gasteiger partial charge in [0.2, 0.25) is 15.9 Å². The number of halogens is 3. The van der Waals surface area contributed by atoms with Crippen LogP contribution >= 0.6 is 11.8 Å². The van der Waals surface area contributed by atoms with E-state index in [4.69, 9.17) is 9.84 Å². The van der Waals surface area contributed by atoms with Crippen molar-refractivity contribution < 1.29 is 36.2 Å². The summed E-state index contributed by atoms with van der Waals surface area (Å²) in [5.74, 6) is -0.429. The lowest BCUT2D eigenvalue weighted by Gasteiger charge is -2.34. The van der Waals surface area contributed by atoms with Gasteiger partial charge in [0.25, 0.3) is 0 Å². The molecule has 4 heterocycles. The minimum Gasteiger partial charge on any atom is -0.390 e. The fourth-order valence-corrected chi connectivity index (χ4v) is 7.95. The van der Waals surface area contributed by atoms with Gasteiger partial charge in [0.15, 0.2) is 0 Å². The van der Waals surface area contributed by atoms with Gasteiger partial charge < -0.3 is 14.7 Å². The molecular weight excluding hydrogens is 619 g/mol. The van der Waals surface area contributed by atoms with Crippen molar-refractivity contribution in [2.45, 2.75) is 68.9 Å². The molecule has 0 saturated carbocycles. The van der Waals surface area contributed by atoms with Gasteiger partial charge in [0.05, 0.1) is 49.1 Å². The van der Waals surface area contributed by atoms with Crippen molar-refractivity contribution in [3.8, 4) is 11.3 Å². The van der Waals surface area contributed by atoms with Crippen LogP contribution in [-0.2, 0) is 45.2 Å². The molecule has 1 aromatic heterocycles. The van der Waals surface area contributed by atoms with Gasteiger partial charge in [-0.15, -0.1) is 11.8 Å². The molecule has 0 radical (unpaired) electrons. The van der Waals surface area contributed by atoms with Gasteiger partial charge in [-0.1, -0.05) is 12.5 Å². The van der Waals surface area contributed by atoms with Crippen molar-refractivity contribution in [1.29, 1.82) is 0 Å². The Morgan fingerprint density at radius 1 is 1.16 bits per heavy atom. The molecule has 2 saturated heterocycles. The molecule has 10 nitrogen and oxygen atoms in total. The van der Waals surface area contributed by atoms with Crippen molar-refractivity contribution in [2.24, 2.45) is 0 Å². The molecule has 2 aromatic rings. The summed E-state index contributed by atoms with van der Waals surface area (Å²) in [4.78, 5) is 16.5. The van der Waals surface area contributed by atoms with Crippen LogP contribution < -0.4 is 0 Å². The SMILES string of the molecule is C[C@H]1CCCCN1CC(O)Cn1nc(-c2ccc(C(F)(F)F)c(SCC(=O)N3CCOCC3)c2)c2c1CCN(S(C)(=O)=O)C2. The Bertz CT molecular complexity index is 1450. The van der Waals surface area contributed by atoms with Crippen molar-refractivity contribution in [3.05, 3.63) is 35.0 Å². The number of nitrogens with zero attached hydrogens (tertiary/aromatic N) is 5. The van der Waals surface area contributed by atoms with E-state index in [0.717, 1.165) is 55.6 Å². The van der Waals surface area contributed by atoms with Gasteiger partial charge in [0.1, 0.15) is 0 Å². The number of sulfonamides is 1. The van der Waals surface area contributed by atoms with Crippen LogP contribution in [0.2, 0.25) is 0 Å². The topological polar surface area (TPSA) is 108 Å². The predicted octanol–water partition coefficient (Wildman–Crippen LogP) is 3.07. The fraction of sp³-hybridized carbons (Fsp3) is 0.655. The minimum absolute atomic E-state index is 0.0295. The zero-order chi connectivity index (χ0) is 31.6. The molecule has 0 aliphatic carbocycles. The predicted molar refractivity (Wildman–Crippen MR) is 161 cm³/mol. The monoisotopic (exact) mass is 659 g/mol. The number of hydrogen-bond donors (Lipinski definition) is 1. The molecule has 1 unspecified atom stereocenters. The molecule has 44 heavy (non-hydrogen) atoms. The van der Waals surface area contributed by atoms with Crippen molar-refractivity contribution in [2.75, 3.05) is 57.9 Å². The number of hydrogen-bond acceptors (Lipinski definition) is 8. The van der Waals surface area contributed by atoms with E-state index in [-0.39, 0.29) is 36.2 Å². The highest BCUT2D eigenvalue weighted by molar-refractivity contribution is 8.00. The van der Waals surface area contributed by atoms with Gasteiger partial charge >= 0.3 is 6.18 Å². The summed E-state index contributed by atoms with van der Waals surface area (Å²) in [6, 6.07) is 4.08. The number of piperidine rings is 1. The molecule has 1 amide bonds. The number of amides is 1. The molecule has 15 heteroatoms. The number of carbonyl (C=O) groups is 1. The normalized spacial score (nSPS) is 21.3. The maximum absolute atomic E-state index is 14.0. The second-order valence-electron chi connectivity index (χ2n) is 11.8. The quantitative estimate of drug-likeness (QED) is 0.410. The van der Waals surface area contributed by atoms with E-state index >= 15 is 0 Å². The number of likely N-dealkylation sites (tertiary alicyclic amines) is 1. The zero-order valence-electron chi connectivity index (χ0n) is 25.1. The minimum atomic E-state index is -4.63. The lowest BCUT2D eigenvalue weighted by atomic mass is 10.0. The largest absolute Gasteiger partial charge is 0.417 e. The maximum Gasteiger partial charge on any atom is 0.417 e. The Hall–Kier alpha value is -2.17. The molecule has 244 valence electrons. The van der Waals surface area contributed by atoms with E-state index in [2.05, 4.69) is 11.8 Å². The number of aliphatic hydroxyl groups is 1. The van der Waals surface area contributed by atoms with E-state index < -0.39 is 27.9 Å². The third kappa shape index (κ3) is 7.79. The van der Waals surface area contributed by atoms with Gasteiger partial charge in [-0.2, -0.15) is 22.6 Å². The van der Waals surface area contributed by atoms with Crippen LogP contribution in [0.4, 0.5) is 13.2 Å².